The summed E-state index contributed by atoms with van der Waals surface area (Å²) in [5.74, 6) is -0.287. The molecule has 156 valence electrons. The predicted octanol–water partition coefficient (Wildman–Crippen LogP) is 4.82. The van der Waals surface area contributed by atoms with Crippen LogP contribution in [0.1, 0.15) is 40.0 Å². The molecule has 0 saturated carbocycles. The molecular weight excluding hydrogens is 393 g/mol. The fourth-order valence-corrected chi connectivity index (χ4v) is 3.76. The first-order valence-electron chi connectivity index (χ1n) is 9.59. The first-order chi connectivity index (χ1) is 14.3. The average Bonchev–Trinajstić information content (AvgIpc) is 3.17. The first kappa shape index (κ1) is 20.0. The van der Waals surface area contributed by atoms with E-state index in [0.717, 1.165) is 15.8 Å². The van der Waals surface area contributed by atoms with Gasteiger partial charge in [-0.2, -0.15) is 18.3 Å². The van der Waals surface area contributed by atoms with Crippen LogP contribution in [-0.2, 0) is 6.54 Å². The van der Waals surface area contributed by atoms with Crippen LogP contribution < -0.4 is 5.32 Å². The lowest BCUT2D eigenvalue weighted by atomic mass is 9.96. The molecule has 2 heterocycles. The molecule has 2 unspecified atom stereocenters. The summed E-state index contributed by atoms with van der Waals surface area (Å²) >= 11 is 0. The van der Waals surface area contributed by atoms with Crippen LogP contribution in [0.15, 0.2) is 66.9 Å². The number of alkyl halides is 3. The van der Waals surface area contributed by atoms with Gasteiger partial charge in [-0.05, 0) is 11.1 Å². The van der Waals surface area contributed by atoms with Gasteiger partial charge in [-0.3, -0.25) is 4.79 Å². The van der Waals surface area contributed by atoms with Gasteiger partial charge < -0.3 is 10.2 Å². The molecule has 4 rings (SSSR count). The topological polar surface area (TPSA) is 50.2 Å². The standard InChI is InChI=1S/C22H21F3N4O/c1-28(14-15-8-4-2-5-9-15)21(30)17-13-26-29-19(22(23,24)25)12-18(27-20(17)29)16-10-6-3-7-11-16/h2-11,13,18-19,27H,12,14H2,1H3. The van der Waals surface area contributed by atoms with E-state index < -0.39 is 18.3 Å². The minimum Gasteiger partial charge on any atom is -0.363 e. The largest absolute Gasteiger partial charge is 0.410 e. The number of carbonyl (C=O) groups excluding carboxylic acids is 1. The summed E-state index contributed by atoms with van der Waals surface area (Å²) in [5.41, 5.74) is 1.79. The maximum Gasteiger partial charge on any atom is 0.410 e. The average molecular weight is 414 g/mol. The summed E-state index contributed by atoms with van der Waals surface area (Å²) in [5, 5.41) is 7.05. The maximum atomic E-state index is 13.8. The van der Waals surface area contributed by atoms with Crippen molar-refractivity contribution in [1.29, 1.82) is 0 Å². The SMILES string of the molecule is CN(Cc1ccccc1)C(=O)c1cnn2c1NC(c1ccccc1)CC2C(F)(F)F. The zero-order valence-corrected chi connectivity index (χ0v) is 16.3. The third kappa shape index (κ3) is 3.90. The molecule has 0 fully saturated rings. The second-order valence-corrected chi connectivity index (χ2v) is 7.40. The summed E-state index contributed by atoms with van der Waals surface area (Å²) in [7, 11) is 1.62. The molecule has 30 heavy (non-hydrogen) atoms. The third-order valence-corrected chi connectivity index (χ3v) is 5.28. The predicted molar refractivity (Wildman–Crippen MR) is 107 cm³/mol. The molecule has 2 atom stereocenters. The van der Waals surface area contributed by atoms with Crippen molar-refractivity contribution in [2.75, 3.05) is 12.4 Å². The molecule has 0 radical (unpaired) electrons. The number of anilines is 1. The van der Waals surface area contributed by atoms with Crippen molar-refractivity contribution in [1.82, 2.24) is 14.7 Å². The number of hydrogen-bond acceptors (Lipinski definition) is 3. The smallest absolute Gasteiger partial charge is 0.363 e. The van der Waals surface area contributed by atoms with Crippen LogP contribution in [-0.4, -0.2) is 33.8 Å². The van der Waals surface area contributed by atoms with Gasteiger partial charge in [0.15, 0.2) is 6.04 Å². The van der Waals surface area contributed by atoms with E-state index in [0.29, 0.717) is 6.54 Å². The Hall–Kier alpha value is -3.29. The van der Waals surface area contributed by atoms with E-state index in [4.69, 9.17) is 0 Å². The van der Waals surface area contributed by atoms with Crippen molar-refractivity contribution < 1.29 is 18.0 Å². The van der Waals surface area contributed by atoms with Crippen LogP contribution in [0.5, 0.6) is 0 Å². The summed E-state index contributed by atoms with van der Waals surface area (Å²) in [6, 6.07) is 16.0. The van der Waals surface area contributed by atoms with E-state index in [-0.39, 0.29) is 23.7 Å². The lowest BCUT2D eigenvalue weighted by Crippen LogP contribution is -2.36. The van der Waals surface area contributed by atoms with Crippen molar-refractivity contribution in [3.63, 3.8) is 0 Å². The zero-order chi connectivity index (χ0) is 21.3. The highest BCUT2D eigenvalue weighted by molar-refractivity contribution is 5.98. The third-order valence-electron chi connectivity index (χ3n) is 5.28. The molecule has 2 aromatic carbocycles. The molecule has 0 saturated heterocycles. The summed E-state index contributed by atoms with van der Waals surface area (Å²) in [6.07, 6.45) is -3.46. The van der Waals surface area contributed by atoms with Gasteiger partial charge in [0.1, 0.15) is 11.4 Å². The zero-order valence-electron chi connectivity index (χ0n) is 16.3. The normalized spacial score (nSPS) is 18.4. The van der Waals surface area contributed by atoms with Gasteiger partial charge in [-0.1, -0.05) is 60.7 Å². The van der Waals surface area contributed by atoms with Crippen molar-refractivity contribution in [3.05, 3.63) is 83.6 Å². The number of fused-ring (bicyclic) bond motifs is 1. The number of nitrogens with zero attached hydrogens (tertiary/aromatic N) is 3. The van der Waals surface area contributed by atoms with E-state index in [9.17, 15) is 18.0 Å². The number of benzene rings is 2. The van der Waals surface area contributed by atoms with Crippen molar-refractivity contribution in [3.8, 4) is 0 Å². The molecule has 1 aliphatic heterocycles. The van der Waals surface area contributed by atoms with Crippen LogP contribution in [0.2, 0.25) is 0 Å². The molecule has 0 bridgehead atoms. The first-order valence-corrected chi connectivity index (χ1v) is 9.59. The Kier molecular flexibility index (Phi) is 5.24. The van der Waals surface area contributed by atoms with Gasteiger partial charge in [-0.15, -0.1) is 0 Å². The molecule has 1 N–H and O–H groups in total. The van der Waals surface area contributed by atoms with Gasteiger partial charge in [0.2, 0.25) is 0 Å². The Morgan fingerprint density at radius 3 is 2.40 bits per heavy atom. The molecule has 0 aliphatic carbocycles. The van der Waals surface area contributed by atoms with Gasteiger partial charge in [0.25, 0.3) is 5.91 Å². The fraction of sp³-hybridized carbons (Fsp3) is 0.273. The van der Waals surface area contributed by atoms with E-state index in [1.807, 2.05) is 36.4 Å². The van der Waals surface area contributed by atoms with E-state index >= 15 is 0 Å². The van der Waals surface area contributed by atoms with Crippen molar-refractivity contribution >= 4 is 11.7 Å². The molecule has 0 spiro atoms. The van der Waals surface area contributed by atoms with Gasteiger partial charge >= 0.3 is 6.18 Å². The Morgan fingerprint density at radius 2 is 1.77 bits per heavy atom. The number of hydrogen-bond donors (Lipinski definition) is 1. The maximum absolute atomic E-state index is 13.8. The van der Waals surface area contributed by atoms with Crippen LogP contribution in [0.3, 0.4) is 0 Å². The van der Waals surface area contributed by atoms with Crippen LogP contribution in [0, 0.1) is 0 Å². The van der Waals surface area contributed by atoms with Crippen molar-refractivity contribution in [2.45, 2.75) is 31.2 Å². The Morgan fingerprint density at radius 1 is 1.13 bits per heavy atom. The van der Waals surface area contributed by atoms with Crippen LogP contribution >= 0.6 is 0 Å². The monoisotopic (exact) mass is 414 g/mol. The number of amides is 1. The van der Waals surface area contributed by atoms with Crippen LogP contribution in [0.4, 0.5) is 19.0 Å². The second kappa shape index (κ2) is 7.85. The van der Waals surface area contributed by atoms with Crippen molar-refractivity contribution in [2.24, 2.45) is 0 Å². The molecule has 1 amide bonds. The lowest BCUT2D eigenvalue weighted by molar-refractivity contribution is -0.173. The highest BCUT2D eigenvalue weighted by atomic mass is 19.4. The highest BCUT2D eigenvalue weighted by Gasteiger charge is 2.47. The number of aromatic nitrogens is 2. The minimum atomic E-state index is -4.48. The summed E-state index contributed by atoms with van der Waals surface area (Å²) in [6.45, 7) is 0.342. The van der Waals surface area contributed by atoms with E-state index in [2.05, 4.69) is 10.4 Å². The summed E-state index contributed by atoms with van der Waals surface area (Å²) in [4.78, 5) is 14.5. The number of nitrogens with one attached hydrogen (secondary N) is 1. The number of rotatable bonds is 4. The quantitative estimate of drug-likeness (QED) is 0.666. The Balaban J connectivity index is 1.66. The molecular formula is C22H21F3N4O. The van der Waals surface area contributed by atoms with Crippen LogP contribution in [0.25, 0.3) is 0 Å². The van der Waals surface area contributed by atoms with Gasteiger partial charge in [0, 0.05) is 20.0 Å². The second-order valence-electron chi connectivity index (χ2n) is 7.40. The molecule has 8 heteroatoms. The number of halogens is 3. The minimum absolute atomic E-state index is 0.0994. The van der Waals surface area contributed by atoms with Gasteiger partial charge in [0.05, 0.1) is 12.2 Å². The summed E-state index contributed by atoms with van der Waals surface area (Å²) < 4.78 is 42.2. The Labute approximate surface area is 172 Å². The molecule has 3 aromatic rings. The van der Waals surface area contributed by atoms with Gasteiger partial charge in [-0.25, -0.2) is 4.68 Å². The van der Waals surface area contributed by atoms with E-state index in [1.165, 1.54) is 11.1 Å². The Bertz CT molecular complexity index is 1020. The van der Waals surface area contributed by atoms with E-state index in [1.54, 1.807) is 31.3 Å². The number of carbonyl (C=O) groups is 1. The molecule has 5 nitrogen and oxygen atoms in total. The highest BCUT2D eigenvalue weighted by Crippen LogP contribution is 2.44. The fourth-order valence-electron chi connectivity index (χ4n) is 3.76. The molecule has 1 aliphatic rings. The lowest BCUT2D eigenvalue weighted by Gasteiger charge is -2.34. The molecule has 1 aromatic heterocycles.